The van der Waals surface area contributed by atoms with Gasteiger partial charge < -0.3 is 14.5 Å². The minimum Gasteiger partial charge on any atom is -0.497 e. The van der Waals surface area contributed by atoms with Crippen LogP contribution in [-0.4, -0.2) is 103 Å². The van der Waals surface area contributed by atoms with Crippen molar-refractivity contribution in [2.45, 2.75) is 25.3 Å². The van der Waals surface area contributed by atoms with E-state index in [1.807, 2.05) is 18.2 Å². The highest BCUT2D eigenvalue weighted by Crippen LogP contribution is 2.27. The van der Waals surface area contributed by atoms with Gasteiger partial charge in [-0.2, -0.15) is 0 Å². The number of methoxy groups -OCH3 is 1. The van der Waals surface area contributed by atoms with E-state index in [4.69, 9.17) is 4.74 Å². The molecule has 2 aromatic carbocycles. The molecule has 3 heterocycles. The van der Waals surface area contributed by atoms with Crippen molar-refractivity contribution in [1.82, 2.24) is 24.9 Å². The number of benzene rings is 2. The molecule has 204 valence electrons. The third kappa shape index (κ3) is 5.92. The molecule has 0 spiro atoms. The van der Waals surface area contributed by atoms with Crippen molar-refractivity contribution in [2.24, 2.45) is 0 Å². The van der Waals surface area contributed by atoms with Crippen LogP contribution in [0, 0.1) is 0 Å². The Morgan fingerprint density at radius 1 is 0.769 bits per heavy atom. The fraction of sp³-hybridized carbons (Fsp3) is 0.452. The second-order valence-corrected chi connectivity index (χ2v) is 10.8. The lowest BCUT2D eigenvalue weighted by atomic mass is 9.91. The third-order valence-electron chi connectivity index (χ3n) is 8.57. The molecule has 3 aromatic rings. The molecule has 6 rings (SSSR count). The van der Waals surface area contributed by atoms with Gasteiger partial charge in [-0.05, 0) is 48.2 Å². The highest BCUT2D eigenvalue weighted by atomic mass is 16.5. The molecule has 0 bridgehead atoms. The SMILES string of the molecule is COc1ccc(-c2ccc(-c3ccc(N4CCN(CC(=O)N5CCN(C6CCC6)CC5)CC4)nn3)cc2)cc1. The number of hydrogen-bond acceptors (Lipinski definition) is 7. The van der Waals surface area contributed by atoms with E-state index in [0.717, 1.165) is 92.4 Å². The molecule has 1 amide bonds. The summed E-state index contributed by atoms with van der Waals surface area (Å²) in [5.74, 6) is 2.03. The van der Waals surface area contributed by atoms with Gasteiger partial charge in [-0.1, -0.05) is 42.8 Å². The quantitative estimate of drug-likeness (QED) is 0.466. The Morgan fingerprint density at radius 2 is 1.41 bits per heavy atom. The molecule has 0 unspecified atom stereocenters. The Morgan fingerprint density at radius 3 is 1.97 bits per heavy atom. The van der Waals surface area contributed by atoms with E-state index in [2.05, 4.69) is 72.3 Å². The fourth-order valence-electron chi connectivity index (χ4n) is 5.78. The smallest absolute Gasteiger partial charge is 0.236 e. The summed E-state index contributed by atoms with van der Waals surface area (Å²) < 4.78 is 5.25. The van der Waals surface area contributed by atoms with Crippen LogP contribution in [0.2, 0.25) is 0 Å². The zero-order valence-electron chi connectivity index (χ0n) is 22.8. The van der Waals surface area contributed by atoms with Gasteiger partial charge in [-0.15, -0.1) is 10.2 Å². The number of hydrogen-bond donors (Lipinski definition) is 0. The molecule has 1 saturated carbocycles. The maximum Gasteiger partial charge on any atom is 0.236 e. The van der Waals surface area contributed by atoms with Gasteiger partial charge in [0.15, 0.2) is 5.82 Å². The number of anilines is 1. The van der Waals surface area contributed by atoms with Gasteiger partial charge >= 0.3 is 0 Å². The molecule has 0 N–H and O–H groups in total. The standard InChI is InChI=1S/C31H38N6O2/c1-39-28-11-9-25(10-12-28)24-5-7-26(8-6-24)29-13-14-30(33-32-29)36-17-15-34(16-18-36)23-31(38)37-21-19-35(20-22-37)27-3-2-4-27/h5-14,27H,2-4,15-23H2,1H3. The average Bonchev–Trinajstić information content (AvgIpc) is 2.97. The Labute approximate surface area is 231 Å². The van der Waals surface area contributed by atoms with Crippen LogP contribution in [0.1, 0.15) is 19.3 Å². The maximum atomic E-state index is 12.9. The minimum absolute atomic E-state index is 0.277. The minimum atomic E-state index is 0.277. The molecule has 0 atom stereocenters. The maximum absolute atomic E-state index is 12.9. The van der Waals surface area contributed by atoms with Crippen LogP contribution in [0.4, 0.5) is 5.82 Å². The first-order valence-corrected chi connectivity index (χ1v) is 14.2. The predicted molar refractivity (Wildman–Crippen MR) is 154 cm³/mol. The van der Waals surface area contributed by atoms with Crippen molar-refractivity contribution in [2.75, 3.05) is 70.9 Å². The molecule has 2 aliphatic heterocycles. The first-order valence-electron chi connectivity index (χ1n) is 14.2. The summed E-state index contributed by atoms with van der Waals surface area (Å²) >= 11 is 0. The summed E-state index contributed by atoms with van der Waals surface area (Å²) in [5.41, 5.74) is 4.21. The van der Waals surface area contributed by atoms with Crippen molar-refractivity contribution in [3.8, 4) is 28.1 Å². The number of carbonyl (C=O) groups excluding carboxylic acids is 1. The third-order valence-corrected chi connectivity index (χ3v) is 8.57. The largest absolute Gasteiger partial charge is 0.497 e. The summed E-state index contributed by atoms with van der Waals surface area (Å²) in [6, 6.07) is 21.4. The Balaban J connectivity index is 0.979. The van der Waals surface area contributed by atoms with E-state index in [1.165, 1.54) is 19.3 Å². The van der Waals surface area contributed by atoms with E-state index in [-0.39, 0.29) is 5.91 Å². The summed E-state index contributed by atoms with van der Waals surface area (Å²) in [5, 5.41) is 9.05. The summed E-state index contributed by atoms with van der Waals surface area (Å²) in [6.07, 6.45) is 4.04. The molecule has 8 heteroatoms. The summed E-state index contributed by atoms with van der Waals surface area (Å²) in [4.78, 5) is 22.1. The van der Waals surface area contributed by atoms with Crippen LogP contribution in [0.25, 0.3) is 22.4 Å². The number of nitrogens with zero attached hydrogens (tertiary/aromatic N) is 6. The van der Waals surface area contributed by atoms with Gasteiger partial charge in [-0.25, -0.2) is 0 Å². The second-order valence-electron chi connectivity index (χ2n) is 10.8. The molecule has 2 saturated heterocycles. The van der Waals surface area contributed by atoms with Crippen molar-refractivity contribution < 1.29 is 9.53 Å². The lowest BCUT2D eigenvalue weighted by Crippen LogP contribution is -2.56. The van der Waals surface area contributed by atoms with E-state index in [0.29, 0.717) is 6.54 Å². The van der Waals surface area contributed by atoms with Crippen LogP contribution in [0.15, 0.2) is 60.7 Å². The first-order chi connectivity index (χ1) is 19.2. The highest BCUT2D eigenvalue weighted by molar-refractivity contribution is 5.78. The first kappa shape index (κ1) is 25.8. The summed E-state index contributed by atoms with van der Waals surface area (Å²) in [7, 11) is 1.68. The summed E-state index contributed by atoms with van der Waals surface area (Å²) in [6.45, 7) is 7.78. The number of carbonyl (C=O) groups is 1. The molecular weight excluding hydrogens is 488 g/mol. The molecule has 1 aromatic heterocycles. The molecule has 1 aliphatic carbocycles. The molecule has 3 aliphatic rings. The number of piperazine rings is 2. The van der Waals surface area contributed by atoms with Crippen LogP contribution in [-0.2, 0) is 4.79 Å². The van der Waals surface area contributed by atoms with E-state index < -0.39 is 0 Å². The molecular formula is C31H38N6O2. The van der Waals surface area contributed by atoms with E-state index in [9.17, 15) is 4.79 Å². The topological polar surface area (TPSA) is 65.0 Å². The van der Waals surface area contributed by atoms with Gasteiger partial charge in [0.1, 0.15) is 5.75 Å². The monoisotopic (exact) mass is 526 g/mol. The van der Waals surface area contributed by atoms with Crippen molar-refractivity contribution in [3.05, 3.63) is 60.7 Å². The predicted octanol–water partition coefficient (Wildman–Crippen LogP) is 3.64. The highest BCUT2D eigenvalue weighted by Gasteiger charge is 2.30. The zero-order chi connectivity index (χ0) is 26.6. The number of ether oxygens (including phenoxy) is 1. The lowest BCUT2D eigenvalue weighted by molar-refractivity contribution is -0.134. The van der Waals surface area contributed by atoms with Gasteiger partial charge in [0, 0.05) is 64.0 Å². The average molecular weight is 527 g/mol. The van der Waals surface area contributed by atoms with Crippen LogP contribution in [0.3, 0.4) is 0 Å². The Hall–Kier alpha value is -3.49. The zero-order valence-corrected chi connectivity index (χ0v) is 22.8. The van der Waals surface area contributed by atoms with E-state index >= 15 is 0 Å². The molecule has 8 nitrogen and oxygen atoms in total. The second kappa shape index (κ2) is 11.7. The molecule has 3 fully saturated rings. The number of aromatic nitrogens is 2. The van der Waals surface area contributed by atoms with Gasteiger partial charge in [-0.3, -0.25) is 14.6 Å². The van der Waals surface area contributed by atoms with Crippen molar-refractivity contribution in [1.29, 1.82) is 0 Å². The lowest BCUT2D eigenvalue weighted by Gasteiger charge is -2.43. The number of rotatable bonds is 7. The van der Waals surface area contributed by atoms with Crippen molar-refractivity contribution >= 4 is 11.7 Å². The fourth-order valence-corrected chi connectivity index (χ4v) is 5.78. The normalized spacial score (nSPS) is 19.1. The Bertz CT molecular complexity index is 1230. The number of amides is 1. The van der Waals surface area contributed by atoms with Crippen LogP contribution in [0.5, 0.6) is 5.75 Å². The van der Waals surface area contributed by atoms with Crippen LogP contribution < -0.4 is 9.64 Å². The molecule has 39 heavy (non-hydrogen) atoms. The van der Waals surface area contributed by atoms with Crippen molar-refractivity contribution in [3.63, 3.8) is 0 Å². The molecule has 0 radical (unpaired) electrons. The van der Waals surface area contributed by atoms with E-state index in [1.54, 1.807) is 7.11 Å². The van der Waals surface area contributed by atoms with Gasteiger partial charge in [0.05, 0.1) is 19.3 Å². The van der Waals surface area contributed by atoms with Gasteiger partial charge in [0.25, 0.3) is 0 Å². The Kier molecular flexibility index (Phi) is 7.74. The van der Waals surface area contributed by atoms with Crippen LogP contribution >= 0.6 is 0 Å². The van der Waals surface area contributed by atoms with Gasteiger partial charge in [0.2, 0.25) is 5.91 Å².